The molecule has 2 aliphatic rings. The number of thioether (sulfide) groups is 4. The van der Waals surface area contributed by atoms with E-state index in [0.29, 0.717) is 0 Å². The van der Waals surface area contributed by atoms with Gasteiger partial charge in [0.15, 0.2) is 24.6 Å². The molecule has 146 valence electrons. The van der Waals surface area contributed by atoms with Gasteiger partial charge in [-0.1, -0.05) is 47.0 Å². The van der Waals surface area contributed by atoms with Gasteiger partial charge in [-0.15, -0.1) is 0 Å². The zero-order valence-corrected chi connectivity index (χ0v) is 18.8. The van der Waals surface area contributed by atoms with Crippen LogP contribution < -0.4 is 0 Å². The zero-order valence-electron chi connectivity index (χ0n) is 13.9. The summed E-state index contributed by atoms with van der Waals surface area (Å²) in [5.74, 6) is -0.544. The van der Waals surface area contributed by atoms with E-state index in [0.717, 1.165) is 59.6 Å². The van der Waals surface area contributed by atoms with E-state index >= 15 is 0 Å². The van der Waals surface area contributed by atoms with Crippen LogP contribution in [0.4, 0.5) is 0 Å². The largest absolute Gasteiger partial charge is 0.505 e. The molecule has 1 aromatic rings. The van der Waals surface area contributed by atoms with Gasteiger partial charge in [0.2, 0.25) is 0 Å². The number of aromatic hydroxyl groups is 2. The molecule has 2 N–H and O–H groups in total. The molecule has 0 spiro atoms. The highest BCUT2D eigenvalue weighted by Gasteiger charge is 2.38. The second-order valence-electron chi connectivity index (χ2n) is 5.40. The van der Waals surface area contributed by atoms with Crippen molar-refractivity contribution in [1.29, 1.82) is 5.26 Å². The summed E-state index contributed by atoms with van der Waals surface area (Å²) in [6.07, 6.45) is 1.79. The van der Waals surface area contributed by atoms with Crippen LogP contribution in [-0.2, 0) is 19.7 Å². The van der Waals surface area contributed by atoms with E-state index in [9.17, 15) is 27.0 Å². The molecule has 0 atom stereocenters. The fourth-order valence-corrected chi connectivity index (χ4v) is 10.2. The lowest BCUT2D eigenvalue weighted by molar-refractivity contribution is 0.411. The average Bonchev–Trinajstić information content (AvgIpc) is 3.17. The van der Waals surface area contributed by atoms with Crippen LogP contribution in [0, 0.1) is 17.9 Å². The normalized spacial score (nSPS) is 15.6. The van der Waals surface area contributed by atoms with Crippen LogP contribution in [0.5, 0.6) is 11.5 Å². The fraction of sp³-hybridized carbons (Fsp3) is 0.143. The van der Waals surface area contributed by atoms with Gasteiger partial charge in [0.1, 0.15) is 17.6 Å². The van der Waals surface area contributed by atoms with E-state index in [1.807, 2.05) is 0 Å². The number of benzene rings is 1. The van der Waals surface area contributed by atoms with Gasteiger partial charge in [0, 0.05) is 12.5 Å². The second-order valence-corrected chi connectivity index (χ2v) is 13.9. The van der Waals surface area contributed by atoms with Gasteiger partial charge in [0.05, 0.1) is 34.6 Å². The molecule has 0 radical (unpaired) electrons. The smallest absolute Gasteiger partial charge is 0.298 e. The molecule has 1 aromatic carbocycles. The highest BCUT2D eigenvalue weighted by Crippen LogP contribution is 2.68. The van der Waals surface area contributed by atoms with Crippen molar-refractivity contribution >= 4 is 66.7 Å². The molecule has 28 heavy (non-hydrogen) atoms. The van der Waals surface area contributed by atoms with Crippen molar-refractivity contribution in [2.24, 2.45) is 0 Å². The molecule has 0 unspecified atom stereocenters. The second kappa shape index (κ2) is 7.12. The van der Waals surface area contributed by atoms with Gasteiger partial charge < -0.3 is 10.2 Å². The minimum absolute atomic E-state index is 0.109. The third-order valence-electron chi connectivity index (χ3n) is 3.34. The van der Waals surface area contributed by atoms with Gasteiger partial charge in [-0.3, -0.25) is 0 Å². The van der Waals surface area contributed by atoms with E-state index in [1.165, 1.54) is 0 Å². The minimum Gasteiger partial charge on any atom is -0.505 e. The molecule has 14 heteroatoms. The lowest BCUT2D eigenvalue weighted by Gasteiger charge is -2.08. The molecule has 0 aliphatic carbocycles. The summed E-state index contributed by atoms with van der Waals surface area (Å²) in [6.45, 7) is 7.11. The molecule has 2 heterocycles. The molecule has 3 rings (SSSR count). The van der Waals surface area contributed by atoms with Crippen molar-refractivity contribution in [2.45, 2.75) is 19.6 Å². The standard InChI is InChI=1S/C14H8N2O6S6/c1-16-12(28(3,21)22)14-25-10-6(17)8-9(7(18)11(10)26-14)24-13(23-8)5(4-15)27(2,19)20/h17-18H,2-3H3. The molecule has 0 amide bonds. The zero-order chi connectivity index (χ0) is 21.0. The molecular formula is C14H8N2O6S6. The van der Waals surface area contributed by atoms with Crippen molar-refractivity contribution in [2.75, 3.05) is 12.5 Å². The molecule has 0 aromatic heterocycles. The Bertz CT molecular complexity index is 1150. The summed E-state index contributed by atoms with van der Waals surface area (Å²) in [4.78, 5) is 3.28. The van der Waals surface area contributed by atoms with Crippen molar-refractivity contribution in [3.8, 4) is 17.6 Å². The topological polar surface area (TPSA) is 137 Å². The van der Waals surface area contributed by atoms with Gasteiger partial charge in [-0.05, 0) is 0 Å². The summed E-state index contributed by atoms with van der Waals surface area (Å²) in [7, 11) is -7.59. The Kier molecular flexibility index (Phi) is 5.42. The van der Waals surface area contributed by atoms with Crippen LogP contribution in [0.3, 0.4) is 0 Å². The Morgan fingerprint density at radius 2 is 1.29 bits per heavy atom. The predicted octanol–water partition coefficient (Wildman–Crippen LogP) is 3.32. The van der Waals surface area contributed by atoms with Gasteiger partial charge >= 0.3 is 0 Å². The summed E-state index contributed by atoms with van der Waals surface area (Å²) in [5.41, 5.74) is 0. The molecule has 0 saturated carbocycles. The average molecular weight is 493 g/mol. The SMILES string of the molecule is [C-]#[N+]C(=C1Sc2c(O)c3c(c(O)c2S1)SC(=C(C#N)S(C)(=O)=O)S3)S(C)(=O)=O. The molecule has 0 saturated heterocycles. The van der Waals surface area contributed by atoms with E-state index < -0.39 is 29.6 Å². The monoisotopic (exact) mass is 492 g/mol. The first-order chi connectivity index (χ1) is 12.9. The molecule has 0 bridgehead atoms. The Hall–Kier alpha value is -1.42. The van der Waals surface area contributed by atoms with Gasteiger partial charge in [-0.2, -0.15) is 5.26 Å². The maximum absolute atomic E-state index is 11.8. The van der Waals surface area contributed by atoms with E-state index in [1.54, 1.807) is 6.07 Å². The van der Waals surface area contributed by atoms with Crippen molar-refractivity contribution < 1.29 is 27.0 Å². The maximum atomic E-state index is 11.8. The number of rotatable bonds is 2. The van der Waals surface area contributed by atoms with Crippen LogP contribution >= 0.6 is 47.0 Å². The van der Waals surface area contributed by atoms with Crippen LogP contribution in [0.15, 0.2) is 38.0 Å². The number of hydrogen-bond acceptors (Lipinski definition) is 11. The Morgan fingerprint density at radius 3 is 1.57 bits per heavy atom. The Balaban J connectivity index is 2.18. The predicted molar refractivity (Wildman–Crippen MR) is 109 cm³/mol. The quantitative estimate of drug-likeness (QED) is 0.357. The first kappa shape index (κ1) is 21.3. The summed E-state index contributed by atoms with van der Waals surface area (Å²) >= 11 is 3.36. The van der Waals surface area contributed by atoms with Gasteiger partial charge in [-0.25, -0.2) is 21.7 Å². The van der Waals surface area contributed by atoms with E-state index in [-0.39, 0.29) is 39.6 Å². The maximum Gasteiger partial charge on any atom is 0.298 e. The van der Waals surface area contributed by atoms with Crippen LogP contribution in [0.2, 0.25) is 0 Å². The summed E-state index contributed by atoms with van der Waals surface area (Å²) in [5, 5.41) is 29.9. The van der Waals surface area contributed by atoms with Crippen molar-refractivity contribution in [3.05, 3.63) is 29.8 Å². The lowest BCUT2D eigenvalue weighted by atomic mass is 10.3. The lowest BCUT2D eigenvalue weighted by Crippen LogP contribution is -1.99. The highest BCUT2D eigenvalue weighted by atomic mass is 32.2. The van der Waals surface area contributed by atoms with Crippen molar-refractivity contribution in [1.82, 2.24) is 0 Å². The van der Waals surface area contributed by atoms with Crippen LogP contribution in [-0.4, -0.2) is 39.6 Å². The Morgan fingerprint density at radius 1 is 0.893 bits per heavy atom. The number of phenolic OH excluding ortho intramolecular Hbond substituents is 2. The van der Waals surface area contributed by atoms with E-state index in [4.69, 9.17) is 11.8 Å². The number of nitrogens with zero attached hydrogens (tertiary/aromatic N) is 2. The number of fused-ring (bicyclic) bond motifs is 2. The molecular weight excluding hydrogens is 485 g/mol. The number of phenols is 2. The molecule has 0 fully saturated rings. The third-order valence-corrected chi connectivity index (χ3v) is 11.1. The fourth-order valence-electron chi connectivity index (χ4n) is 2.17. The van der Waals surface area contributed by atoms with Crippen LogP contribution in [0.1, 0.15) is 0 Å². The first-order valence-electron chi connectivity index (χ1n) is 6.89. The molecule has 8 nitrogen and oxygen atoms in total. The first-order valence-corrected chi connectivity index (χ1v) is 13.9. The third kappa shape index (κ3) is 3.49. The molecule has 2 aliphatic heterocycles. The number of hydrogen-bond donors (Lipinski definition) is 2. The highest BCUT2D eigenvalue weighted by molar-refractivity contribution is 8.26. The van der Waals surface area contributed by atoms with Crippen molar-refractivity contribution in [3.63, 3.8) is 0 Å². The van der Waals surface area contributed by atoms with E-state index in [2.05, 4.69) is 4.85 Å². The number of nitriles is 1. The Labute approximate surface area is 177 Å². The minimum atomic E-state index is -3.80. The summed E-state index contributed by atoms with van der Waals surface area (Å²) in [6, 6.07) is 1.63. The van der Waals surface area contributed by atoms with Gasteiger partial charge in [0.25, 0.3) is 5.03 Å². The summed E-state index contributed by atoms with van der Waals surface area (Å²) < 4.78 is 47.4. The number of allylic oxidation sites excluding steroid dienone is 1. The van der Waals surface area contributed by atoms with Crippen LogP contribution in [0.25, 0.3) is 4.85 Å². The number of sulfone groups is 2.